The molecule has 0 radical (unpaired) electrons. The van der Waals surface area contributed by atoms with Gasteiger partial charge < -0.3 is 20.9 Å². The van der Waals surface area contributed by atoms with Crippen LogP contribution in [0.25, 0.3) is 33.4 Å². The number of pyridine rings is 1. The van der Waals surface area contributed by atoms with E-state index in [0.717, 1.165) is 31.4 Å². The van der Waals surface area contributed by atoms with Crippen molar-refractivity contribution in [3.63, 3.8) is 0 Å². The Morgan fingerprint density at radius 3 is 2.18 bits per heavy atom. The van der Waals surface area contributed by atoms with Gasteiger partial charge in [0.2, 0.25) is 11.8 Å². The van der Waals surface area contributed by atoms with Crippen LogP contribution in [0.2, 0.25) is 0 Å². The standard InChI is InChI=1S/C30H27F6N5O4/c1-12-16(10-19(43)30(34,35)36)20-21(25-18(33)11-17(32)24(38-25)14-6-8-15(31)9-7-14)22(28(37)44)23(29(3,4)39-13(2)42)27(45-5)26(20)41-40-12/h6-9,11,19,43H,10H2,1-5H3,(H2,37,44)(H,39,42). The molecule has 1 unspecified atom stereocenters. The predicted molar refractivity (Wildman–Crippen MR) is 150 cm³/mol. The number of fused-ring (bicyclic) bond motifs is 1. The molecule has 0 aliphatic rings. The summed E-state index contributed by atoms with van der Waals surface area (Å²) in [6, 6.07) is 4.76. The van der Waals surface area contributed by atoms with Gasteiger partial charge in [-0.25, -0.2) is 18.2 Å². The highest BCUT2D eigenvalue weighted by Gasteiger charge is 2.41. The fraction of sp³-hybridized carbons (Fsp3) is 0.300. The van der Waals surface area contributed by atoms with Gasteiger partial charge in [-0.05, 0) is 50.6 Å². The number of primary amides is 1. The van der Waals surface area contributed by atoms with Crippen LogP contribution in [0.3, 0.4) is 0 Å². The number of halogens is 6. The minimum Gasteiger partial charge on any atom is -0.494 e. The van der Waals surface area contributed by atoms with Gasteiger partial charge in [0, 0.05) is 41.5 Å². The molecule has 0 aliphatic carbocycles. The molecule has 4 rings (SSSR count). The molecule has 0 saturated carbocycles. The summed E-state index contributed by atoms with van der Waals surface area (Å²) in [6.45, 7) is 5.35. The van der Waals surface area contributed by atoms with Gasteiger partial charge in [0.15, 0.2) is 23.5 Å². The van der Waals surface area contributed by atoms with Gasteiger partial charge in [-0.3, -0.25) is 9.59 Å². The molecule has 1 atom stereocenters. The Hall–Kier alpha value is -4.79. The lowest BCUT2D eigenvalue weighted by Crippen LogP contribution is -2.42. The molecule has 2 aromatic carbocycles. The lowest BCUT2D eigenvalue weighted by atomic mass is 9.81. The van der Waals surface area contributed by atoms with Crippen molar-refractivity contribution in [2.75, 3.05) is 7.11 Å². The van der Waals surface area contributed by atoms with Crippen molar-refractivity contribution in [1.82, 2.24) is 20.5 Å². The van der Waals surface area contributed by atoms with Crippen LogP contribution in [-0.2, 0) is 16.8 Å². The monoisotopic (exact) mass is 635 g/mol. The molecule has 0 spiro atoms. The number of aryl methyl sites for hydroxylation is 1. The van der Waals surface area contributed by atoms with Crippen molar-refractivity contribution >= 4 is 22.7 Å². The van der Waals surface area contributed by atoms with Crippen LogP contribution >= 0.6 is 0 Å². The maximum absolute atomic E-state index is 15.9. The SMILES string of the molecule is COc1c(C(C)(C)NC(C)=O)c(C(N)=O)c(-c2nc(-c3ccc(F)cc3)c(F)cc2F)c2c(CC(O)C(F)(F)F)c(C)nnc12. The first-order valence-corrected chi connectivity index (χ1v) is 13.2. The van der Waals surface area contributed by atoms with E-state index in [1.165, 1.54) is 27.7 Å². The normalized spacial score (nSPS) is 12.7. The summed E-state index contributed by atoms with van der Waals surface area (Å²) in [5.41, 5.74) is 1.11. The smallest absolute Gasteiger partial charge is 0.414 e. The van der Waals surface area contributed by atoms with E-state index in [0.29, 0.717) is 6.07 Å². The van der Waals surface area contributed by atoms with Crippen molar-refractivity contribution in [2.24, 2.45) is 5.73 Å². The van der Waals surface area contributed by atoms with Gasteiger partial charge in [0.1, 0.15) is 22.7 Å². The van der Waals surface area contributed by atoms with Gasteiger partial charge in [0.25, 0.3) is 0 Å². The molecule has 45 heavy (non-hydrogen) atoms. The number of benzene rings is 2. The Bertz CT molecular complexity index is 1830. The van der Waals surface area contributed by atoms with Gasteiger partial charge in [-0.15, -0.1) is 5.10 Å². The number of amides is 2. The quantitative estimate of drug-likeness (QED) is 0.231. The summed E-state index contributed by atoms with van der Waals surface area (Å²) in [5.74, 6) is -5.27. The number of methoxy groups -OCH3 is 1. The van der Waals surface area contributed by atoms with E-state index in [1.807, 2.05) is 0 Å². The third-order valence-electron chi connectivity index (χ3n) is 7.09. The van der Waals surface area contributed by atoms with Crippen molar-refractivity contribution in [3.05, 3.63) is 70.2 Å². The molecule has 2 heterocycles. The molecule has 2 aromatic heterocycles. The highest BCUT2D eigenvalue weighted by atomic mass is 19.4. The second kappa shape index (κ2) is 12.0. The fourth-order valence-corrected chi connectivity index (χ4v) is 5.26. The molecule has 238 valence electrons. The third kappa shape index (κ3) is 6.25. The average Bonchev–Trinajstić information content (AvgIpc) is 2.92. The summed E-state index contributed by atoms with van der Waals surface area (Å²) in [6.07, 6.45) is -9.16. The van der Waals surface area contributed by atoms with Crippen molar-refractivity contribution < 1.29 is 45.8 Å². The molecular weight excluding hydrogens is 608 g/mol. The zero-order valence-electron chi connectivity index (χ0n) is 24.5. The van der Waals surface area contributed by atoms with Crippen molar-refractivity contribution in [1.29, 1.82) is 0 Å². The molecular formula is C30H27F6N5O4. The molecule has 9 nitrogen and oxygen atoms in total. The Labute approximate surface area is 252 Å². The second-order valence-electron chi connectivity index (χ2n) is 10.7. The second-order valence-corrected chi connectivity index (χ2v) is 10.7. The van der Waals surface area contributed by atoms with E-state index in [1.54, 1.807) is 0 Å². The number of nitrogens with one attached hydrogen (secondary N) is 1. The third-order valence-corrected chi connectivity index (χ3v) is 7.09. The van der Waals surface area contributed by atoms with E-state index in [9.17, 15) is 32.3 Å². The van der Waals surface area contributed by atoms with E-state index in [4.69, 9.17) is 10.5 Å². The summed E-state index contributed by atoms with van der Waals surface area (Å²) in [7, 11) is 1.15. The molecule has 2 amide bonds. The number of hydrogen-bond acceptors (Lipinski definition) is 7. The zero-order valence-corrected chi connectivity index (χ0v) is 24.5. The van der Waals surface area contributed by atoms with Crippen LogP contribution in [0.5, 0.6) is 5.75 Å². The van der Waals surface area contributed by atoms with Gasteiger partial charge >= 0.3 is 6.18 Å². The largest absolute Gasteiger partial charge is 0.494 e. The molecule has 0 saturated heterocycles. The van der Waals surface area contributed by atoms with Crippen LogP contribution < -0.4 is 15.8 Å². The molecule has 0 fully saturated rings. The minimum atomic E-state index is -5.10. The summed E-state index contributed by atoms with van der Waals surface area (Å²) >= 11 is 0. The topological polar surface area (TPSA) is 140 Å². The number of ether oxygens (including phenoxy) is 1. The average molecular weight is 636 g/mol. The first-order chi connectivity index (χ1) is 20.9. The number of carbonyl (C=O) groups excluding carboxylic acids is 2. The molecule has 4 aromatic rings. The van der Waals surface area contributed by atoms with E-state index in [2.05, 4.69) is 20.5 Å². The lowest BCUT2D eigenvalue weighted by molar-refractivity contribution is -0.203. The Balaban J connectivity index is 2.31. The van der Waals surface area contributed by atoms with E-state index in [-0.39, 0.29) is 39.0 Å². The minimum absolute atomic E-state index is 0.00363. The number of carbonyl (C=O) groups is 2. The summed E-state index contributed by atoms with van der Waals surface area (Å²) in [5, 5.41) is 20.4. The van der Waals surface area contributed by atoms with E-state index < -0.39 is 76.0 Å². The first-order valence-electron chi connectivity index (χ1n) is 13.2. The number of rotatable bonds is 8. The first kappa shape index (κ1) is 33.1. The Morgan fingerprint density at radius 2 is 1.64 bits per heavy atom. The van der Waals surface area contributed by atoms with Crippen LogP contribution in [0.15, 0.2) is 30.3 Å². The van der Waals surface area contributed by atoms with Crippen LogP contribution in [0.4, 0.5) is 26.3 Å². The Kier molecular flexibility index (Phi) is 8.79. The lowest BCUT2D eigenvalue weighted by Gasteiger charge is -2.32. The summed E-state index contributed by atoms with van der Waals surface area (Å²) < 4.78 is 91.0. The molecule has 0 aliphatic heterocycles. The van der Waals surface area contributed by atoms with Crippen LogP contribution in [-0.4, -0.2) is 51.5 Å². The van der Waals surface area contributed by atoms with Gasteiger partial charge in [0.05, 0.1) is 23.9 Å². The van der Waals surface area contributed by atoms with Gasteiger partial charge in [-0.2, -0.15) is 18.3 Å². The number of aliphatic hydroxyl groups is 1. The Morgan fingerprint density at radius 1 is 1.04 bits per heavy atom. The maximum atomic E-state index is 15.9. The number of nitrogens with zero attached hydrogens (tertiary/aromatic N) is 3. The number of aromatic nitrogens is 3. The number of nitrogens with two attached hydrogens (primary N) is 1. The summed E-state index contributed by atoms with van der Waals surface area (Å²) in [4.78, 5) is 29.7. The van der Waals surface area contributed by atoms with Crippen LogP contribution in [0, 0.1) is 24.4 Å². The van der Waals surface area contributed by atoms with E-state index >= 15 is 8.78 Å². The number of alkyl halides is 3. The number of aliphatic hydroxyl groups excluding tert-OH is 1. The highest BCUT2D eigenvalue weighted by Crippen LogP contribution is 2.47. The predicted octanol–water partition coefficient (Wildman–Crippen LogP) is 5.03. The van der Waals surface area contributed by atoms with Crippen molar-refractivity contribution in [2.45, 2.75) is 51.9 Å². The fourth-order valence-electron chi connectivity index (χ4n) is 5.26. The molecule has 0 bridgehead atoms. The zero-order chi connectivity index (χ0) is 33.6. The molecule has 15 heteroatoms. The van der Waals surface area contributed by atoms with Crippen molar-refractivity contribution in [3.8, 4) is 28.3 Å². The van der Waals surface area contributed by atoms with Crippen LogP contribution in [0.1, 0.15) is 48.0 Å². The highest BCUT2D eigenvalue weighted by molar-refractivity contribution is 6.13. The number of hydrogen-bond donors (Lipinski definition) is 3. The maximum Gasteiger partial charge on any atom is 0.414 e. The van der Waals surface area contributed by atoms with Gasteiger partial charge in [-0.1, -0.05) is 0 Å². The molecule has 4 N–H and O–H groups in total.